The van der Waals surface area contributed by atoms with E-state index < -0.39 is 0 Å². The molecule has 1 aromatic rings. The van der Waals surface area contributed by atoms with Gasteiger partial charge in [-0.25, -0.2) is 4.39 Å². The third-order valence-electron chi connectivity index (χ3n) is 3.86. The molecular weight excluding hydrogens is 277 g/mol. The first-order valence-corrected chi connectivity index (χ1v) is 7.42. The monoisotopic (exact) mass is 297 g/mol. The minimum Gasteiger partial charge on any atom is -0.370 e. The normalized spacial score (nSPS) is 24.1. The summed E-state index contributed by atoms with van der Waals surface area (Å²) in [6.45, 7) is 4.18. The van der Waals surface area contributed by atoms with Crippen molar-refractivity contribution in [2.45, 2.75) is 51.1 Å². The molecule has 110 valence electrons. The topological polar surface area (TPSA) is 50.4 Å². The molecule has 0 spiro atoms. The van der Waals surface area contributed by atoms with Crippen LogP contribution in [-0.2, 0) is 0 Å². The molecule has 0 aliphatic heterocycles. The Morgan fingerprint density at radius 2 is 2.25 bits per heavy atom. The van der Waals surface area contributed by atoms with E-state index in [9.17, 15) is 4.39 Å². The first kappa shape index (κ1) is 15.1. The highest BCUT2D eigenvalue weighted by atomic mass is 35.5. The fourth-order valence-electron chi connectivity index (χ4n) is 2.32. The van der Waals surface area contributed by atoms with E-state index in [0.717, 1.165) is 24.8 Å². The molecule has 0 amide bonds. The summed E-state index contributed by atoms with van der Waals surface area (Å²) in [6.07, 6.45) is 2.88. The van der Waals surface area contributed by atoms with Gasteiger partial charge in [0.15, 0.2) is 5.96 Å². The molecule has 1 aliphatic carbocycles. The molecule has 1 atom stereocenters. The van der Waals surface area contributed by atoms with Gasteiger partial charge in [-0.3, -0.25) is 4.99 Å². The van der Waals surface area contributed by atoms with Gasteiger partial charge in [0.1, 0.15) is 5.82 Å². The predicted octanol–water partition coefficient (Wildman–Crippen LogP) is 3.43. The summed E-state index contributed by atoms with van der Waals surface area (Å²) in [6, 6.07) is 5.52. The Balaban J connectivity index is 1.88. The second kappa shape index (κ2) is 6.44. The summed E-state index contributed by atoms with van der Waals surface area (Å²) >= 11 is 5.80. The fourth-order valence-corrected chi connectivity index (χ4v) is 2.51. The lowest BCUT2D eigenvalue weighted by atomic mass is 9.76. The Morgan fingerprint density at radius 3 is 2.85 bits per heavy atom. The molecule has 0 bridgehead atoms. The Labute approximate surface area is 124 Å². The predicted molar refractivity (Wildman–Crippen MR) is 81.7 cm³/mol. The molecule has 3 N–H and O–H groups in total. The van der Waals surface area contributed by atoms with Crippen LogP contribution in [0.4, 0.5) is 4.39 Å². The highest BCUT2D eigenvalue weighted by Crippen LogP contribution is 2.39. The summed E-state index contributed by atoms with van der Waals surface area (Å²) in [5.74, 6) is 0.546. The van der Waals surface area contributed by atoms with Crippen LogP contribution in [0.1, 0.15) is 44.6 Å². The Hall–Kier alpha value is -1.29. The molecule has 1 fully saturated rings. The summed E-state index contributed by atoms with van der Waals surface area (Å²) < 4.78 is 13.1. The first-order valence-electron chi connectivity index (χ1n) is 7.04. The van der Waals surface area contributed by atoms with Crippen molar-refractivity contribution in [3.63, 3.8) is 0 Å². The number of nitrogens with two attached hydrogens (primary N) is 1. The highest BCUT2D eigenvalue weighted by Gasteiger charge is 2.30. The zero-order valence-electron chi connectivity index (χ0n) is 11.9. The molecule has 1 saturated carbocycles. The summed E-state index contributed by atoms with van der Waals surface area (Å²) in [7, 11) is 0. The molecular formula is C15H21ClFN3. The molecule has 0 aromatic heterocycles. The molecule has 1 aromatic carbocycles. The molecule has 0 radical (unpaired) electrons. The summed E-state index contributed by atoms with van der Waals surface area (Å²) in [5, 5.41) is 3.34. The minimum atomic E-state index is -0.369. The zero-order valence-corrected chi connectivity index (χ0v) is 12.6. The first-order chi connectivity index (χ1) is 9.49. The van der Waals surface area contributed by atoms with Crippen LogP contribution >= 0.6 is 11.6 Å². The maximum Gasteiger partial charge on any atom is 0.189 e. The van der Waals surface area contributed by atoms with Gasteiger partial charge in [0.2, 0.25) is 0 Å². The van der Waals surface area contributed by atoms with Crippen molar-refractivity contribution >= 4 is 17.6 Å². The number of nitrogens with one attached hydrogen (secondary N) is 1. The van der Waals surface area contributed by atoms with Crippen LogP contribution in [0.5, 0.6) is 0 Å². The lowest BCUT2D eigenvalue weighted by Crippen LogP contribution is -2.40. The van der Waals surface area contributed by atoms with E-state index in [1.165, 1.54) is 6.07 Å². The van der Waals surface area contributed by atoms with Crippen molar-refractivity contribution in [3.8, 4) is 0 Å². The molecule has 0 saturated heterocycles. The minimum absolute atomic E-state index is 0.187. The van der Waals surface area contributed by atoms with Crippen LogP contribution in [0, 0.1) is 5.82 Å². The third kappa shape index (κ3) is 3.63. The molecule has 2 rings (SSSR count). The maximum absolute atomic E-state index is 13.1. The molecule has 20 heavy (non-hydrogen) atoms. The van der Waals surface area contributed by atoms with Gasteiger partial charge in [0.25, 0.3) is 0 Å². The Bertz CT molecular complexity index is 498. The van der Waals surface area contributed by atoms with Gasteiger partial charge in [0, 0.05) is 6.04 Å². The highest BCUT2D eigenvalue weighted by molar-refractivity contribution is 6.30. The van der Waals surface area contributed by atoms with Crippen molar-refractivity contribution in [2.75, 3.05) is 0 Å². The van der Waals surface area contributed by atoms with E-state index in [1.54, 1.807) is 12.1 Å². The number of nitrogens with zero attached hydrogens (tertiary/aromatic N) is 1. The van der Waals surface area contributed by atoms with Gasteiger partial charge in [-0.2, -0.15) is 0 Å². The van der Waals surface area contributed by atoms with Crippen LogP contribution in [0.2, 0.25) is 5.02 Å². The lowest BCUT2D eigenvalue weighted by Gasteiger charge is -2.33. The smallest absolute Gasteiger partial charge is 0.189 e. The Morgan fingerprint density at radius 1 is 1.55 bits per heavy atom. The second-order valence-corrected chi connectivity index (χ2v) is 5.87. The van der Waals surface area contributed by atoms with E-state index in [2.05, 4.69) is 24.2 Å². The third-order valence-corrected chi connectivity index (χ3v) is 4.15. The maximum atomic E-state index is 13.1. The number of rotatable bonds is 4. The quantitative estimate of drug-likeness (QED) is 0.661. The van der Waals surface area contributed by atoms with Crippen molar-refractivity contribution in [2.24, 2.45) is 10.7 Å². The molecule has 1 unspecified atom stereocenters. The average Bonchev–Trinajstić information content (AvgIpc) is 2.36. The average molecular weight is 298 g/mol. The second-order valence-electron chi connectivity index (χ2n) is 5.46. The number of benzene rings is 1. The van der Waals surface area contributed by atoms with Gasteiger partial charge >= 0.3 is 0 Å². The summed E-state index contributed by atoms with van der Waals surface area (Å²) in [4.78, 5) is 4.46. The number of hydrogen-bond acceptors (Lipinski definition) is 1. The van der Waals surface area contributed by atoms with E-state index in [0.29, 0.717) is 17.9 Å². The van der Waals surface area contributed by atoms with E-state index >= 15 is 0 Å². The molecule has 3 nitrogen and oxygen atoms in total. The lowest BCUT2D eigenvalue weighted by molar-refractivity contribution is 0.352. The number of hydrogen-bond donors (Lipinski definition) is 2. The number of aliphatic imine (C=N–C) groups is 1. The van der Waals surface area contributed by atoms with Crippen molar-refractivity contribution in [3.05, 3.63) is 34.6 Å². The number of halogens is 2. The standard InChI is InChI=1S/C15H21ClFN3/c1-3-9(2)19-15(18)20-12-6-11(7-12)10-4-5-14(17)13(16)8-10/h4-5,8-9,11-12H,3,6-7H2,1-2H3,(H3,18,19,20). The van der Waals surface area contributed by atoms with Gasteiger partial charge in [-0.1, -0.05) is 24.6 Å². The SMILES string of the molecule is CCC(C)NC(N)=NC1CC(c2ccc(F)c(Cl)c2)C1. The van der Waals surface area contributed by atoms with Crippen LogP contribution < -0.4 is 11.1 Å². The van der Waals surface area contributed by atoms with E-state index in [4.69, 9.17) is 17.3 Å². The van der Waals surface area contributed by atoms with Gasteiger partial charge in [0.05, 0.1) is 11.1 Å². The molecule has 1 aliphatic rings. The zero-order chi connectivity index (χ0) is 14.7. The Kier molecular flexibility index (Phi) is 4.86. The van der Waals surface area contributed by atoms with Crippen LogP contribution in [0.3, 0.4) is 0 Å². The van der Waals surface area contributed by atoms with Crippen molar-refractivity contribution in [1.29, 1.82) is 0 Å². The molecule has 5 heteroatoms. The van der Waals surface area contributed by atoms with E-state index in [1.807, 2.05) is 0 Å². The molecule has 0 heterocycles. The van der Waals surface area contributed by atoms with Crippen LogP contribution in [0.25, 0.3) is 0 Å². The van der Waals surface area contributed by atoms with Gasteiger partial charge < -0.3 is 11.1 Å². The largest absolute Gasteiger partial charge is 0.370 e. The van der Waals surface area contributed by atoms with Crippen LogP contribution in [0.15, 0.2) is 23.2 Å². The van der Waals surface area contributed by atoms with Crippen molar-refractivity contribution < 1.29 is 4.39 Å². The van der Waals surface area contributed by atoms with Gasteiger partial charge in [-0.15, -0.1) is 0 Å². The van der Waals surface area contributed by atoms with Gasteiger partial charge in [-0.05, 0) is 49.8 Å². The summed E-state index contributed by atoms with van der Waals surface area (Å²) in [5.41, 5.74) is 6.94. The fraction of sp³-hybridized carbons (Fsp3) is 0.533. The van der Waals surface area contributed by atoms with Crippen LogP contribution in [-0.4, -0.2) is 18.0 Å². The van der Waals surface area contributed by atoms with E-state index in [-0.39, 0.29) is 16.9 Å². The number of guanidine groups is 1. The van der Waals surface area contributed by atoms with Crippen molar-refractivity contribution in [1.82, 2.24) is 5.32 Å².